The number of hydrogen-bond acceptors (Lipinski definition) is 3. The lowest BCUT2D eigenvalue weighted by Gasteiger charge is -2.13. The molecule has 0 heterocycles. The summed E-state index contributed by atoms with van der Waals surface area (Å²) in [6, 6.07) is 11.7. The van der Waals surface area contributed by atoms with E-state index < -0.39 is 23.8 Å². The molecule has 118 valence electrons. The van der Waals surface area contributed by atoms with Gasteiger partial charge in [-0.25, -0.2) is 9.59 Å². The van der Waals surface area contributed by atoms with Gasteiger partial charge in [0.2, 0.25) is 0 Å². The van der Waals surface area contributed by atoms with Crippen LogP contribution in [0.4, 0.5) is 0 Å². The Morgan fingerprint density at radius 2 is 1.17 bits per heavy atom. The Kier molecular flexibility index (Phi) is 4.75. The highest BCUT2D eigenvalue weighted by atomic mass is 16.4. The molecule has 0 amide bonds. The van der Waals surface area contributed by atoms with E-state index in [1.165, 1.54) is 36.4 Å². The summed E-state index contributed by atoms with van der Waals surface area (Å²) in [7, 11) is 0. The quantitative estimate of drug-likeness (QED) is 0.755. The van der Waals surface area contributed by atoms with Crippen LogP contribution in [0.5, 0.6) is 0 Å². The molecule has 1 atom stereocenters. The van der Waals surface area contributed by atoms with Crippen molar-refractivity contribution in [1.82, 2.24) is 0 Å². The average Bonchev–Trinajstić information content (AvgIpc) is 2.53. The first-order chi connectivity index (χ1) is 10.9. The third-order valence-corrected chi connectivity index (χ3v) is 3.50. The molecule has 0 aliphatic heterocycles. The second kappa shape index (κ2) is 6.74. The maximum absolute atomic E-state index is 11.5. The summed E-state index contributed by atoms with van der Waals surface area (Å²) < 4.78 is 0. The summed E-state index contributed by atoms with van der Waals surface area (Å²) in [5.41, 5.74) is 1.39. The molecule has 2 aromatic carbocycles. The van der Waals surface area contributed by atoms with E-state index in [0.717, 1.165) is 0 Å². The van der Waals surface area contributed by atoms with Crippen molar-refractivity contribution in [2.45, 2.75) is 12.3 Å². The molecule has 1 unspecified atom stereocenters. The van der Waals surface area contributed by atoms with Crippen LogP contribution in [-0.2, 0) is 11.2 Å². The fourth-order valence-corrected chi connectivity index (χ4v) is 2.22. The second-order valence-electron chi connectivity index (χ2n) is 5.02. The summed E-state index contributed by atoms with van der Waals surface area (Å²) in [6.07, 6.45) is 0.182. The smallest absolute Gasteiger partial charge is 0.335 e. The molecule has 6 heteroatoms. The van der Waals surface area contributed by atoms with E-state index >= 15 is 0 Å². The Labute approximate surface area is 131 Å². The van der Waals surface area contributed by atoms with Crippen molar-refractivity contribution in [2.24, 2.45) is 0 Å². The van der Waals surface area contributed by atoms with Crippen molar-refractivity contribution < 1.29 is 29.7 Å². The summed E-state index contributed by atoms with van der Waals surface area (Å²) >= 11 is 0. The van der Waals surface area contributed by atoms with Crippen LogP contribution in [-0.4, -0.2) is 33.2 Å². The zero-order valence-corrected chi connectivity index (χ0v) is 12.0. The van der Waals surface area contributed by atoms with E-state index in [4.69, 9.17) is 10.2 Å². The largest absolute Gasteiger partial charge is 0.481 e. The van der Waals surface area contributed by atoms with Crippen LogP contribution in [0.15, 0.2) is 48.5 Å². The first kappa shape index (κ1) is 16.2. The predicted molar refractivity (Wildman–Crippen MR) is 80.9 cm³/mol. The first-order valence-electron chi connectivity index (χ1n) is 6.77. The number of hydrogen-bond donors (Lipinski definition) is 3. The monoisotopic (exact) mass is 314 g/mol. The number of carboxylic acid groups (broad SMARTS) is 3. The fourth-order valence-electron chi connectivity index (χ4n) is 2.22. The van der Waals surface area contributed by atoms with Gasteiger partial charge < -0.3 is 15.3 Å². The SMILES string of the molecule is O=C(O)c1ccc(CC(C(=O)O)c2ccc(C(=O)O)cc2)cc1. The van der Waals surface area contributed by atoms with Crippen molar-refractivity contribution in [3.63, 3.8) is 0 Å². The minimum Gasteiger partial charge on any atom is -0.481 e. The van der Waals surface area contributed by atoms with Gasteiger partial charge in [0.25, 0.3) is 0 Å². The van der Waals surface area contributed by atoms with Crippen molar-refractivity contribution in [3.05, 3.63) is 70.8 Å². The van der Waals surface area contributed by atoms with E-state index in [1.807, 2.05) is 0 Å². The minimum atomic E-state index is -1.08. The molecule has 0 aromatic heterocycles. The average molecular weight is 314 g/mol. The van der Waals surface area contributed by atoms with Gasteiger partial charge in [0.15, 0.2) is 0 Å². The van der Waals surface area contributed by atoms with Crippen molar-refractivity contribution in [2.75, 3.05) is 0 Å². The third-order valence-electron chi connectivity index (χ3n) is 3.50. The molecule has 2 rings (SSSR count). The van der Waals surface area contributed by atoms with Gasteiger partial charge in [-0.1, -0.05) is 24.3 Å². The molecule has 0 spiro atoms. The molecule has 0 bridgehead atoms. The lowest BCUT2D eigenvalue weighted by molar-refractivity contribution is -0.138. The lowest BCUT2D eigenvalue weighted by atomic mass is 9.91. The molecule has 0 saturated carbocycles. The van der Waals surface area contributed by atoms with Crippen LogP contribution in [0.2, 0.25) is 0 Å². The molecule has 6 nitrogen and oxygen atoms in total. The topological polar surface area (TPSA) is 112 Å². The van der Waals surface area contributed by atoms with Gasteiger partial charge in [-0.3, -0.25) is 4.79 Å². The Morgan fingerprint density at radius 1 is 0.739 bits per heavy atom. The molecule has 0 fully saturated rings. The highest BCUT2D eigenvalue weighted by molar-refractivity contribution is 5.88. The Morgan fingerprint density at radius 3 is 1.57 bits per heavy atom. The van der Waals surface area contributed by atoms with Gasteiger partial charge in [-0.05, 0) is 41.8 Å². The molecule has 2 aromatic rings. The van der Waals surface area contributed by atoms with E-state index in [0.29, 0.717) is 11.1 Å². The molecule has 0 aliphatic carbocycles. The van der Waals surface area contributed by atoms with Crippen molar-refractivity contribution in [3.8, 4) is 0 Å². The van der Waals surface area contributed by atoms with Gasteiger partial charge >= 0.3 is 17.9 Å². The molecule has 0 saturated heterocycles. The zero-order valence-electron chi connectivity index (χ0n) is 12.0. The fraction of sp³-hybridized carbons (Fsp3) is 0.118. The van der Waals surface area contributed by atoms with Crippen LogP contribution in [0.3, 0.4) is 0 Å². The molecular weight excluding hydrogens is 300 g/mol. The second-order valence-corrected chi connectivity index (χ2v) is 5.02. The summed E-state index contributed by atoms with van der Waals surface area (Å²) in [6.45, 7) is 0. The summed E-state index contributed by atoms with van der Waals surface area (Å²) in [4.78, 5) is 33.1. The summed E-state index contributed by atoms with van der Waals surface area (Å²) in [5, 5.41) is 27.1. The van der Waals surface area contributed by atoms with Crippen molar-refractivity contribution in [1.29, 1.82) is 0 Å². The highest BCUT2D eigenvalue weighted by Gasteiger charge is 2.21. The third kappa shape index (κ3) is 3.94. The first-order valence-corrected chi connectivity index (χ1v) is 6.77. The van der Waals surface area contributed by atoms with Crippen molar-refractivity contribution >= 4 is 17.9 Å². The number of rotatable bonds is 6. The zero-order chi connectivity index (χ0) is 17.0. The van der Waals surface area contributed by atoms with E-state index in [-0.39, 0.29) is 17.5 Å². The van der Waals surface area contributed by atoms with Crippen LogP contribution >= 0.6 is 0 Å². The maximum atomic E-state index is 11.5. The highest BCUT2D eigenvalue weighted by Crippen LogP contribution is 2.22. The summed E-state index contributed by atoms with van der Waals surface area (Å²) in [5.74, 6) is -3.99. The lowest BCUT2D eigenvalue weighted by Crippen LogP contribution is -2.15. The molecule has 23 heavy (non-hydrogen) atoms. The molecular formula is C17H14O6. The number of aromatic carboxylic acids is 2. The Bertz CT molecular complexity index is 731. The number of carboxylic acids is 3. The number of benzene rings is 2. The number of carbonyl (C=O) groups is 3. The van der Waals surface area contributed by atoms with Gasteiger partial charge in [-0.2, -0.15) is 0 Å². The predicted octanol–water partition coefficient (Wildman–Crippen LogP) is 2.49. The Hall–Kier alpha value is -3.15. The van der Waals surface area contributed by atoms with Gasteiger partial charge in [-0.15, -0.1) is 0 Å². The molecule has 0 aliphatic rings. The molecule has 0 radical (unpaired) electrons. The number of aliphatic carboxylic acids is 1. The Balaban J connectivity index is 2.23. The van der Waals surface area contributed by atoms with Crippen LogP contribution in [0.25, 0.3) is 0 Å². The van der Waals surface area contributed by atoms with E-state index in [2.05, 4.69) is 0 Å². The van der Waals surface area contributed by atoms with E-state index in [9.17, 15) is 19.5 Å². The van der Waals surface area contributed by atoms with Gasteiger partial charge in [0.1, 0.15) is 0 Å². The van der Waals surface area contributed by atoms with Gasteiger partial charge in [0, 0.05) is 0 Å². The maximum Gasteiger partial charge on any atom is 0.335 e. The minimum absolute atomic E-state index is 0.0868. The van der Waals surface area contributed by atoms with E-state index in [1.54, 1.807) is 12.1 Å². The van der Waals surface area contributed by atoms with Gasteiger partial charge in [0.05, 0.1) is 17.0 Å². The standard InChI is InChI=1S/C17H14O6/c18-15(19)12-3-1-10(2-4-12)9-14(17(22)23)11-5-7-13(8-6-11)16(20)21/h1-8,14H,9H2,(H,18,19)(H,20,21)(H,22,23). The molecule has 3 N–H and O–H groups in total. The van der Waals surface area contributed by atoms with Crippen LogP contribution in [0, 0.1) is 0 Å². The normalized spacial score (nSPS) is 11.7. The van der Waals surface area contributed by atoms with Crippen LogP contribution in [0.1, 0.15) is 37.8 Å². The van der Waals surface area contributed by atoms with Crippen LogP contribution < -0.4 is 0 Å².